The molecule has 0 radical (unpaired) electrons. The Balaban J connectivity index is 4.21. The number of aliphatic carboxylic acids is 3. The molecule has 0 unspecified atom stereocenters. The quantitative estimate of drug-likeness (QED) is 0.0510. The molecular weight excluding hydrogens is 578 g/mol. The first kappa shape index (κ1) is 44.1. The van der Waals surface area contributed by atoms with Crippen molar-refractivity contribution in [3.05, 3.63) is 12.3 Å². The molecule has 0 aliphatic heterocycles. The number of allylic oxidation sites excluding steroid dienone is 1. The van der Waals surface area contributed by atoms with Gasteiger partial charge in [-0.1, -0.05) is 129 Å². The first-order chi connectivity index (χ1) is 22.3. The lowest BCUT2D eigenvalue weighted by atomic mass is 10.0. The maximum atomic E-state index is 11.0. The van der Waals surface area contributed by atoms with Crippen molar-refractivity contribution in [1.29, 1.82) is 0 Å². The third-order valence-electron chi connectivity index (χ3n) is 9.37. The Labute approximate surface area is 283 Å². The van der Waals surface area contributed by atoms with Gasteiger partial charge in [-0.15, -0.1) is 0 Å². The van der Waals surface area contributed by atoms with E-state index in [0.717, 1.165) is 51.7 Å². The number of carbonyl (C=O) groups is 3. The molecule has 7 heteroatoms. The summed E-state index contributed by atoms with van der Waals surface area (Å²) < 4.78 is 0.672. The second-order valence-corrected chi connectivity index (χ2v) is 13.8. The van der Waals surface area contributed by atoms with E-state index < -0.39 is 17.9 Å². The highest BCUT2D eigenvalue weighted by molar-refractivity contribution is 5.66. The van der Waals surface area contributed by atoms with Crippen LogP contribution in [0.1, 0.15) is 200 Å². The van der Waals surface area contributed by atoms with Crippen molar-refractivity contribution in [2.24, 2.45) is 0 Å². The molecule has 270 valence electrons. The van der Waals surface area contributed by atoms with E-state index in [4.69, 9.17) is 10.2 Å². The van der Waals surface area contributed by atoms with Gasteiger partial charge in [0.05, 0.1) is 25.8 Å². The highest BCUT2D eigenvalue weighted by Crippen LogP contribution is 2.19. The zero-order valence-electron chi connectivity index (χ0n) is 30.0. The lowest BCUT2D eigenvalue weighted by molar-refractivity contribution is -0.880. The minimum Gasteiger partial charge on any atom is -0.550 e. The van der Waals surface area contributed by atoms with E-state index in [0.29, 0.717) is 23.7 Å². The topological polar surface area (TPSA) is 115 Å². The van der Waals surface area contributed by atoms with Crippen molar-refractivity contribution >= 4 is 17.9 Å². The van der Waals surface area contributed by atoms with E-state index in [2.05, 4.69) is 19.2 Å². The molecule has 0 spiro atoms. The van der Waals surface area contributed by atoms with Crippen LogP contribution in [0.4, 0.5) is 0 Å². The molecule has 0 rings (SSSR count). The van der Waals surface area contributed by atoms with Gasteiger partial charge < -0.3 is 20.1 Å². The van der Waals surface area contributed by atoms with E-state index >= 15 is 0 Å². The van der Waals surface area contributed by atoms with Crippen molar-refractivity contribution in [3.63, 3.8) is 0 Å². The second-order valence-electron chi connectivity index (χ2n) is 13.8. The number of hydrogen-bond acceptors (Lipinski definition) is 4. The van der Waals surface area contributed by atoms with Crippen molar-refractivity contribution in [3.8, 4) is 0 Å². The van der Waals surface area contributed by atoms with E-state index in [-0.39, 0.29) is 19.3 Å². The predicted molar refractivity (Wildman–Crippen MR) is 188 cm³/mol. The van der Waals surface area contributed by atoms with Gasteiger partial charge in [0.15, 0.2) is 0 Å². The molecule has 46 heavy (non-hydrogen) atoms. The second kappa shape index (κ2) is 33.0. The van der Waals surface area contributed by atoms with Crippen molar-refractivity contribution < 1.29 is 34.2 Å². The summed E-state index contributed by atoms with van der Waals surface area (Å²) in [6.45, 7) is 4.65. The fraction of sp³-hybridized carbons (Fsp3) is 0.872. The van der Waals surface area contributed by atoms with Gasteiger partial charge in [-0.3, -0.25) is 14.1 Å². The van der Waals surface area contributed by atoms with Crippen LogP contribution in [0.5, 0.6) is 0 Å². The number of hydrogen-bond donors (Lipinski definition) is 2. The van der Waals surface area contributed by atoms with Crippen molar-refractivity contribution in [2.45, 2.75) is 200 Å². The summed E-state index contributed by atoms with van der Waals surface area (Å²) >= 11 is 0. The van der Waals surface area contributed by atoms with Crippen molar-refractivity contribution in [2.75, 3.05) is 19.6 Å². The minimum atomic E-state index is -1.03. The molecule has 0 saturated carbocycles. The Morgan fingerprint density at radius 1 is 0.478 bits per heavy atom. The molecule has 0 saturated heterocycles. The molecule has 0 aromatic heterocycles. The van der Waals surface area contributed by atoms with Crippen LogP contribution in [0.2, 0.25) is 0 Å². The monoisotopic (exact) mass is 652 g/mol. The van der Waals surface area contributed by atoms with E-state index in [1.165, 1.54) is 122 Å². The van der Waals surface area contributed by atoms with Gasteiger partial charge >= 0.3 is 11.9 Å². The number of quaternary nitrogens is 1. The zero-order chi connectivity index (χ0) is 34.0. The fourth-order valence-electron chi connectivity index (χ4n) is 6.48. The number of carboxylic acid groups (broad SMARTS) is 3. The van der Waals surface area contributed by atoms with Gasteiger partial charge in [0.1, 0.15) is 0 Å². The summed E-state index contributed by atoms with van der Waals surface area (Å²) in [7, 11) is 0. The molecule has 7 nitrogen and oxygen atoms in total. The largest absolute Gasteiger partial charge is 0.550 e. The number of rotatable bonds is 37. The Bertz CT molecular complexity index is 698. The Hall–Kier alpha value is -1.89. The molecule has 0 fully saturated rings. The molecule has 2 N–H and O–H groups in total. The average Bonchev–Trinajstić information content (AvgIpc) is 3.02. The van der Waals surface area contributed by atoms with E-state index in [1.807, 2.05) is 0 Å². The average molecular weight is 652 g/mol. The van der Waals surface area contributed by atoms with Crippen LogP contribution in [0, 0.1) is 0 Å². The van der Waals surface area contributed by atoms with E-state index in [1.54, 1.807) is 0 Å². The third kappa shape index (κ3) is 32.1. The first-order valence-corrected chi connectivity index (χ1v) is 19.5. The predicted octanol–water partition coefficient (Wildman–Crippen LogP) is 9.96. The Kier molecular flexibility index (Phi) is 31.7. The Morgan fingerprint density at radius 3 is 1.13 bits per heavy atom. The summed E-state index contributed by atoms with van der Waals surface area (Å²) in [6.07, 6.45) is 37.3. The molecule has 0 aliphatic rings. The summed E-state index contributed by atoms with van der Waals surface area (Å²) in [5.74, 6) is -2.61. The van der Waals surface area contributed by atoms with Crippen LogP contribution >= 0.6 is 0 Å². The molecule has 0 aliphatic carbocycles. The van der Waals surface area contributed by atoms with Crippen molar-refractivity contribution in [1.82, 2.24) is 0 Å². The Morgan fingerprint density at radius 2 is 0.804 bits per heavy atom. The lowest BCUT2D eigenvalue weighted by Crippen LogP contribution is -2.45. The van der Waals surface area contributed by atoms with Gasteiger partial charge in [0.2, 0.25) is 0 Å². The normalized spacial score (nSPS) is 11.8. The molecule has 0 heterocycles. The molecular formula is C39H73NO6. The highest BCUT2D eigenvalue weighted by Gasteiger charge is 2.24. The summed E-state index contributed by atoms with van der Waals surface area (Å²) in [4.78, 5) is 32.9. The standard InChI is InChI=1S/C39H73NO6/c1-2-3-4-5-6-7-8-9-10-11-12-13-14-15-16-17-18-19-20-21-22-26-33-40(34-27-23-30-37(41)42,35-28-24-31-38(43)44)36-29-25-32-39(45)46/h26,33H,2-25,27-32,34-36H2,1H3,(H2-,41,42,43,44,45,46)/b33-26+. The van der Waals surface area contributed by atoms with Crippen LogP contribution in [0.3, 0.4) is 0 Å². The number of unbranched alkanes of at least 4 members (excludes halogenated alkanes) is 23. The smallest absolute Gasteiger partial charge is 0.303 e. The molecule has 0 amide bonds. The lowest BCUT2D eigenvalue weighted by Gasteiger charge is -2.35. The van der Waals surface area contributed by atoms with Crippen LogP contribution in [0.15, 0.2) is 12.3 Å². The highest BCUT2D eigenvalue weighted by atomic mass is 16.4. The molecule has 0 aromatic carbocycles. The van der Waals surface area contributed by atoms with E-state index in [9.17, 15) is 19.5 Å². The number of carbonyl (C=O) groups excluding carboxylic acids is 1. The molecule has 0 bridgehead atoms. The summed E-state index contributed by atoms with van der Waals surface area (Å²) in [6, 6.07) is 0. The van der Waals surface area contributed by atoms with Gasteiger partial charge in [0, 0.05) is 18.8 Å². The summed E-state index contributed by atoms with van der Waals surface area (Å²) in [5.41, 5.74) is 0. The van der Waals surface area contributed by atoms with Gasteiger partial charge in [0.25, 0.3) is 0 Å². The van der Waals surface area contributed by atoms with Gasteiger partial charge in [-0.05, 0) is 63.9 Å². The minimum absolute atomic E-state index is 0.0428. The summed E-state index contributed by atoms with van der Waals surface area (Å²) in [5, 5.41) is 29.0. The zero-order valence-corrected chi connectivity index (χ0v) is 30.0. The van der Waals surface area contributed by atoms with Crippen LogP contribution in [-0.2, 0) is 14.4 Å². The molecule has 0 atom stereocenters. The van der Waals surface area contributed by atoms with Crippen LogP contribution < -0.4 is 5.11 Å². The third-order valence-corrected chi connectivity index (χ3v) is 9.37. The maximum absolute atomic E-state index is 11.0. The van der Waals surface area contributed by atoms with Gasteiger partial charge in [-0.2, -0.15) is 0 Å². The molecule has 0 aromatic rings. The van der Waals surface area contributed by atoms with Gasteiger partial charge in [-0.25, -0.2) is 0 Å². The van der Waals surface area contributed by atoms with Crippen LogP contribution in [-0.4, -0.2) is 52.2 Å². The fourth-order valence-corrected chi connectivity index (χ4v) is 6.48. The maximum Gasteiger partial charge on any atom is 0.303 e. The number of carboxylic acids is 3. The number of nitrogens with zero attached hydrogens (tertiary/aromatic N) is 1. The SMILES string of the molecule is CCCCCCCCCCCCCCCCCCCCCC/C=C/[N+](CCCCC(=O)[O-])(CCCCC(=O)O)CCCCC(=O)O. The van der Waals surface area contributed by atoms with Crippen LogP contribution in [0.25, 0.3) is 0 Å². The first-order valence-electron chi connectivity index (χ1n) is 19.5.